The van der Waals surface area contributed by atoms with Crippen molar-refractivity contribution in [3.05, 3.63) is 47.1 Å². The fourth-order valence-electron chi connectivity index (χ4n) is 6.14. The molecule has 3 aliphatic carbocycles. The summed E-state index contributed by atoms with van der Waals surface area (Å²) in [6.45, 7) is 14.9. The molecule has 2 fully saturated rings. The maximum atomic E-state index is 10.4. The second-order valence-corrected chi connectivity index (χ2v) is 11.1. The fraction of sp³-hybridized carbons (Fsp3) is 0.667. The molecule has 3 N–H and O–H groups in total. The molecule has 0 saturated heterocycles. The van der Waals surface area contributed by atoms with E-state index in [2.05, 4.69) is 57.4 Å². The first kappa shape index (κ1) is 27.0. The molecule has 0 bridgehead atoms. The van der Waals surface area contributed by atoms with Crippen molar-refractivity contribution in [1.82, 2.24) is 0 Å². The summed E-state index contributed by atoms with van der Waals surface area (Å²) in [5.74, 6) is 6.47. The lowest BCUT2D eigenvalue weighted by molar-refractivity contribution is 0.0101. The molecule has 0 heterocycles. The Bertz CT molecular complexity index is 921. The molecule has 0 unspecified atom stereocenters. The molecule has 0 aromatic rings. The van der Waals surface area contributed by atoms with Crippen LogP contribution in [0.2, 0.25) is 0 Å². The van der Waals surface area contributed by atoms with Crippen molar-refractivity contribution < 1.29 is 20.1 Å². The normalized spacial score (nSPS) is 32.4. The van der Waals surface area contributed by atoms with E-state index in [0.717, 1.165) is 36.8 Å². The van der Waals surface area contributed by atoms with Crippen LogP contribution in [0.5, 0.6) is 0 Å². The number of hydrogen-bond acceptors (Lipinski definition) is 4. The average molecular weight is 469 g/mol. The van der Waals surface area contributed by atoms with Crippen LogP contribution in [0.25, 0.3) is 0 Å². The van der Waals surface area contributed by atoms with Gasteiger partial charge in [-0.2, -0.15) is 0 Å². The van der Waals surface area contributed by atoms with Crippen LogP contribution in [-0.2, 0) is 4.74 Å². The molecule has 0 spiro atoms. The molecule has 4 atom stereocenters. The Labute approximate surface area is 206 Å². The number of aliphatic hydroxyl groups excluding tert-OH is 2. The van der Waals surface area contributed by atoms with Crippen LogP contribution in [0, 0.1) is 23.2 Å². The third-order valence-corrected chi connectivity index (χ3v) is 8.46. The molecule has 4 heteroatoms. The summed E-state index contributed by atoms with van der Waals surface area (Å²) in [7, 11) is 0. The van der Waals surface area contributed by atoms with Gasteiger partial charge in [0.05, 0.1) is 17.8 Å². The second-order valence-electron chi connectivity index (χ2n) is 11.1. The topological polar surface area (TPSA) is 69.9 Å². The zero-order valence-electron chi connectivity index (χ0n) is 21.8. The Kier molecular flexibility index (Phi) is 8.36. The maximum Gasteiger partial charge on any atom is 0.125 e. The SMILES string of the molecule is C=C1C(=CC=C2CCC[C@]3(C)C(C(C)(C)OCC#CC(O)(CC)CC)=CC[C@@H]23)C[C@@H](O)C[C@@H]1O. The highest BCUT2D eigenvalue weighted by molar-refractivity contribution is 5.41. The van der Waals surface area contributed by atoms with E-state index in [9.17, 15) is 15.3 Å². The number of aliphatic hydroxyl groups is 3. The van der Waals surface area contributed by atoms with E-state index in [0.29, 0.717) is 38.2 Å². The van der Waals surface area contributed by atoms with Gasteiger partial charge in [0.25, 0.3) is 0 Å². The smallest absolute Gasteiger partial charge is 0.125 e. The summed E-state index contributed by atoms with van der Waals surface area (Å²) in [6, 6.07) is 0. The first-order valence-corrected chi connectivity index (χ1v) is 13.0. The molecule has 0 aromatic carbocycles. The molecular formula is C30H44O4. The number of rotatable bonds is 6. The zero-order chi connectivity index (χ0) is 25.1. The molecule has 3 rings (SSSR count). The molecular weight excluding hydrogens is 424 g/mol. The van der Waals surface area contributed by atoms with Crippen molar-refractivity contribution in [2.24, 2.45) is 11.3 Å². The van der Waals surface area contributed by atoms with Gasteiger partial charge in [-0.3, -0.25) is 0 Å². The van der Waals surface area contributed by atoms with Crippen LogP contribution in [-0.4, -0.2) is 45.3 Å². The highest BCUT2D eigenvalue weighted by atomic mass is 16.5. The summed E-state index contributed by atoms with van der Waals surface area (Å²) in [6.07, 6.45) is 12.0. The molecule has 0 radical (unpaired) electrons. The van der Waals surface area contributed by atoms with Gasteiger partial charge in [0.1, 0.15) is 12.2 Å². The third-order valence-electron chi connectivity index (χ3n) is 8.46. The fourth-order valence-corrected chi connectivity index (χ4v) is 6.14. The minimum atomic E-state index is -0.926. The molecule has 0 aromatic heterocycles. The van der Waals surface area contributed by atoms with E-state index in [4.69, 9.17) is 4.74 Å². The van der Waals surface area contributed by atoms with Crippen molar-refractivity contribution in [2.45, 2.75) is 109 Å². The molecule has 34 heavy (non-hydrogen) atoms. The molecule has 2 saturated carbocycles. The van der Waals surface area contributed by atoms with Crippen LogP contribution >= 0.6 is 0 Å². The van der Waals surface area contributed by atoms with Gasteiger partial charge < -0.3 is 20.1 Å². The lowest BCUT2D eigenvalue weighted by atomic mass is 9.62. The molecule has 4 nitrogen and oxygen atoms in total. The van der Waals surface area contributed by atoms with Gasteiger partial charge in [-0.25, -0.2) is 0 Å². The number of allylic oxidation sites excluding steroid dienone is 4. The summed E-state index contributed by atoms with van der Waals surface area (Å²) in [4.78, 5) is 0. The Morgan fingerprint density at radius 3 is 2.62 bits per heavy atom. The molecule has 0 amide bonds. The highest BCUT2D eigenvalue weighted by Gasteiger charge is 2.49. The minimum Gasteiger partial charge on any atom is -0.393 e. The van der Waals surface area contributed by atoms with Gasteiger partial charge in [0.2, 0.25) is 0 Å². The van der Waals surface area contributed by atoms with E-state index < -0.39 is 23.4 Å². The Morgan fingerprint density at radius 2 is 1.94 bits per heavy atom. The van der Waals surface area contributed by atoms with Crippen LogP contribution < -0.4 is 0 Å². The predicted molar refractivity (Wildman–Crippen MR) is 138 cm³/mol. The van der Waals surface area contributed by atoms with Crippen molar-refractivity contribution in [3.8, 4) is 11.8 Å². The van der Waals surface area contributed by atoms with E-state index in [1.165, 1.54) is 11.1 Å². The van der Waals surface area contributed by atoms with E-state index in [1.807, 2.05) is 13.8 Å². The van der Waals surface area contributed by atoms with Gasteiger partial charge in [0, 0.05) is 6.42 Å². The van der Waals surface area contributed by atoms with Crippen molar-refractivity contribution in [3.63, 3.8) is 0 Å². The van der Waals surface area contributed by atoms with Crippen molar-refractivity contribution >= 4 is 0 Å². The number of hydrogen-bond donors (Lipinski definition) is 3. The van der Waals surface area contributed by atoms with E-state index in [1.54, 1.807) is 0 Å². The summed E-state index contributed by atoms with van der Waals surface area (Å²) >= 11 is 0. The Hall–Kier alpha value is -1.64. The first-order chi connectivity index (χ1) is 16.0. The van der Waals surface area contributed by atoms with Crippen LogP contribution in [0.3, 0.4) is 0 Å². The summed E-state index contributed by atoms with van der Waals surface area (Å²) < 4.78 is 6.29. The van der Waals surface area contributed by atoms with Crippen LogP contribution in [0.1, 0.15) is 86.0 Å². The van der Waals surface area contributed by atoms with Crippen molar-refractivity contribution in [1.29, 1.82) is 0 Å². The monoisotopic (exact) mass is 468 g/mol. The van der Waals surface area contributed by atoms with Gasteiger partial charge >= 0.3 is 0 Å². The van der Waals surface area contributed by atoms with Gasteiger partial charge in [-0.1, -0.05) is 63.0 Å². The Morgan fingerprint density at radius 1 is 1.24 bits per heavy atom. The standard InChI is InChI=1S/C30H44O4/c1-7-30(33,8-2)17-10-18-34-28(4,5)27-15-14-25-22(11-9-16-29(25,27)6)12-13-23-19-24(31)20-26(32)21(23)3/h12-13,15,24-26,31-33H,3,7-9,11,14,16,18-20H2,1-2,4-6H3/t24-,25+,26+,29+/m1/s1. The van der Waals surface area contributed by atoms with Crippen LogP contribution in [0.4, 0.5) is 0 Å². The first-order valence-electron chi connectivity index (χ1n) is 13.0. The van der Waals surface area contributed by atoms with Gasteiger partial charge in [-0.05, 0) is 86.8 Å². The zero-order valence-corrected chi connectivity index (χ0v) is 21.8. The minimum absolute atomic E-state index is 0.0374. The van der Waals surface area contributed by atoms with Crippen LogP contribution in [0.15, 0.2) is 47.1 Å². The number of ether oxygens (including phenoxy) is 1. The highest BCUT2D eigenvalue weighted by Crippen LogP contribution is 2.57. The molecule has 3 aliphatic rings. The lowest BCUT2D eigenvalue weighted by Gasteiger charge is -2.45. The van der Waals surface area contributed by atoms with Gasteiger partial charge in [0.15, 0.2) is 0 Å². The molecule has 0 aliphatic heterocycles. The van der Waals surface area contributed by atoms with E-state index in [-0.39, 0.29) is 5.41 Å². The number of fused-ring (bicyclic) bond motifs is 1. The quantitative estimate of drug-likeness (QED) is 0.361. The lowest BCUT2D eigenvalue weighted by Crippen LogP contribution is -2.40. The summed E-state index contributed by atoms with van der Waals surface area (Å²) in [5, 5.41) is 30.6. The average Bonchev–Trinajstić information content (AvgIpc) is 3.16. The van der Waals surface area contributed by atoms with Crippen molar-refractivity contribution in [2.75, 3.05) is 6.61 Å². The second kappa shape index (κ2) is 10.5. The van der Waals surface area contributed by atoms with E-state index >= 15 is 0 Å². The largest absolute Gasteiger partial charge is 0.393 e. The Balaban J connectivity index is 1.74. The summed E-state index contributed by atoms with van der Waals surface area (Å²) in [5.41, 5.74) is 3.15. The third kappa shape index (κ3) is 5.60. The van der Waals surface area contributed by atoms with Gasteiger partial charge in [-0.15, -0.1) is 0 Å². The predicted octanol–water partition coefficient (Wildman–Crippen LogP) is 5.40. The molecule has 188 valence electrons. The maximum absolute atomic E-state index is 10.4.